The van der Waals surface area contributed by atoms with Gasteiger partial charge in [0.25, 0.3) is 0 Å². The van der Waals surface area contributed by atoms with Crippen LogP contribution in [0.25, 0.3) is 10.9 Å². The van der Waals surface area contributed by atoms with Crippen LogP contribution in [0, 0.1) is 0 Å². The molecule has 0 bridgehead atoms. The predicted octanol–water partition coefficient (Wildman–Crippen LogP) is 1.36. The van der Waals surface area contributed by atoms with Crippen LogP contribution in [0.15, 0.2) is 30.5 Å². The van der Waals surface area contributed by atoms with Crippen molar-refractivity contribution in [1.29, 1.82) is 0 Å². The summed E-state index contributed by atoms with van der Waals surface area (Å²) in [5, 5.41) is 0.355. The molecule has 306 valence electrons. The molecule has 2 aromatic rings. The van der Waals surface area contributed by atoms with E-state index in [2.05, 4.69) is 0 Å². The third-order valence-electron chi connectivity index (χ3n) is 8.14. The fourth-order valence-corrected chi connectivity index (χ4v) is 6.32. The van der Waals surface area contributed by atoms with Gasteiger partial charge in [-0.2, -0.15) is 0 Å². The van der Waals surface area contributed by atoms with Crippen LogP contribution in [-0.4, -0.2) is 121 Å². The smallest absolute Gasteiger partial charge is 0.303 e. The Morgan fingerprint density at radius 1 is 0.518 bits per heavy atom. The zero-order valence-electron chi connectivity index (χ0n) is 31.8. The lowest BCUT2D eigenvalue weighted by atomic mass is 9.97. The maximum Gasteiger partial charge on any atom is 0.303 e. The summed E-state index contributed by atoms with van der Waals surface area (Å²) in [6, 6.07) is 6.56. The van der Waals surface area contributed by atoms with E-state index in [0.717, 1.165) is 55.4 Å². The molecule has 20 heteroatoms. The molecule has 2 aliphatic rings. The van der Waals surface area contributed by atoms with Gasteiger partial charge in [0.15, 0.2) is 36.7 Å². The third-order valence-corrected chi connectivity index (χ3v) is 8.14. The van der Waals surface area contributed by atoms with Gasteiger partial charge in [-0.3, -0.25) is 38.4 Å². The highest BCUT2D eigenvalue weighted by atomic mass is 16.7. The molecule has 0 spiro atoms. The molecule has 0 unspecified atom stereocenters. The van der Waals surface area contributed by atoms with Gasteiger partial charge in [0, 0.05) is 67.0 Å². The van der Waals surface area contributed by atoms with Crippen LogP contribution >= 0.6 is 0 Å². The van der Waals surface area contributed by atoms with E-state index < -0.39 is 122 Å². The van der Waals surface area contributed by atoms with Crippen molar-refractivity contribution in [3.63, 3.8) is 0 Å². The van der Waals surface area contributed by atoms with Gasteiger partial charge >= 0.3 is 47.8 Å². The fourth-order valence-electron chi connectivity index (χ4n) is 6.32. The van der Waals surface area contributed by atoms with Crippen molar-refractivity contribution in [2.75, 3.05) is 13.2 Å². The van der Waals surface area contributed by atoms with E-state index >= 15 is 0 Å². The quantitative estimate of drug-likeness (QED) is 0.205. The lowest BCUT2D eigenvalue weighted by molar-refractivity contribution is -0.288. The lowest BCUT2D eigenvalue weighted by Crippen LogP contribution is -2.63. The van der Waals surface area contributed by atoms with Gasteiger partial charge in [-0.05, 0) is 12.1 Å². The van der Waals surface area contributed by atoms with Gasteiger partial charge in [0.1, 0.15) is 31.2 Å². The molecular formula is C36H43NO19. The van der Waals surface area contributed by atoms with Crippen LogP contribution in [0.1, 0.15) is 61.6 Å². The van der Waals surface area contributed by atoms with Crippen LogP contribution in [0.2, 0.25) is 0 Å². The molecule has 0 aliphatic carbocycles. The summed E-state index contributed by atoms with van der Waals surface area (Å²) >= 11 is 0. The Morgan fingerprint density at radius 3 is 1.41 bits per heavy atom. The highest BCUT2D eigenvalue weighted by Crippen LogP contribution is 2.41. The van der Waals surface area contributed by atoms with Crippen molar-refractivity contribution >= 4 is 58.7 Å². The zero-order valence-corrected chi connectivity index (χ0v) is 31.8. The van der Waals surface area contributed by atoms with E-state index in [1.54, 1.807) is 24.3 Å². The molecule has 1 aromatic heterocycles. The molecule has 0 amide bonds. The predicted molar refractivity (Wildman–Crippen MR) is 182 cm³/mol. The van der Waals surface area contributed by atoms with Gasteiger partial charge in [0.2, 0.25) is 12.4 Å². The number of esters is 8. The van der Waals surface area contributed by atoms with Crippen molar-refractivity contribution in [2.24, 2.45) is 0 Å². The zero-order chi connectivity index (χ0) is 41.4. The average molecular weight is 794 g/mol. The molecule has 2 fully saturated rings. The van der Waals surface area contributed by atoms with Crippen LogP contribution in [-0.2, 0) is 85.7 Å². The Hall–Kier alpha value is -5.76. The molecule has 3 heterocycles. The number of hydrogen-bond donors (Lipinski definition) is 0. The largest absolute Gasteiger partial charge is 0.463 e. The summed E-state index contributed by atoms with van der Waals surface area (Å²) in [5.74, 6) is -6.41. The van der Waals surface area contributed by atoms with Crippen molar-refractivity contribution in [2.45, 2.75) is 117 Å². The standard InChI is InChI=1S/C36H43NO19/c1-16(38)46-14-27-29(48-18(3)40)31(50-20(5)42)33(52-22(7)44)35(54-27)37-13-26(24-11-9-10-12-25(24)37)55-36-34(53-23(8)45)32(51-21(6)43)30(49-19(4)41)28(56-36)15-47-17(2)39/h9-13,27-36H,14-15H2,1-8H3/t27-,28-,29+,30-,31+,32+,33-,34+,35-,36+/m1/s1. The van der Waals surface area contributed by atoms with E-state index in [1.807, 2.05) is 0 Å². The maximum absolute atomic E-state index is 12.5. The number of aromatic nitrogens is 1. The fraction of sp³-hybridized carbons (Fsp3) is 0.556. The Balaban J connectivity index is 1.88. The van der Waals surface area contributed by atoms with E-state index in [1.165, 1.54) is 10.8 Å². The first-order chi connectivity index (χ1) is 26.4. The van der Waals surface area contributed by atoms with E-state index in [-0.39, 0.29) is 5.75 Å². The van der Waals surface area contributed by atoms with E-state index in [4.69, 9.17) is 52.1 Å². The molecule has 0 N–H and O–H groups in total. The second kappa shape index (κ2) is 18.7. The van der Waals surface area contributed by atoms with Gasteiger partial charge in [-0.1, -0.05) is 12.1 Å². The minimum absolute atomic E-state index is 0.00866. The summed E-state index contributed by atoms with van der Waals surface area (Å²) in [5.41, 5.74) is 0.356. The number of hydrogen-bond acceptors (Lipinski definition) is 19. The SMILES string of the molecule is CC(=O)OC[C@H]1O[C@@H](n2cc(O[C@H]3O[C@H](COC(C)=O)[C@@H](OC(C)=O)[C@H](OC(C)=O)[C@@H]3OC(C)=O)c3ccccc32)[C@H](OC(C)=O)[C@@H](OC(C)=O)[C@H]1OC(C)=O. The molecule has 1 aromatic carbocycles. The summed E-state index contributed by atoms with van der Waals surface area (Å²) in [4.78, 5) is 97.9. The molecule has 0 radical (unpaired) electrons. The molecule has 2 aliphatic heterocycles. The Kier molecular flexibility index (Phi) is 14.4. The molecule has 20 nitrogen and oxygen atoms in total. The third kappa shape index (κ3) is 10.9. The Morgan fingerprint density at radius 2 is 0.929 bits per heavy atom. The van der Waals surface area contributed by atoms with Crippen molar-refractivity contribution < 1.29 is 90.5 Å². The van der Waals surface area contributed by atoms with Gasteiger partial charge in [-0.25, -0.2) is 0 Å². The highest BCUT2D eigenvalue weighted by molar-refractivity contribution is 5.87. The number of rotatable bonds is 13. The molecule has 4 rings (SSSR count). The average Bonchev–Trinajstić information content (AvgIpc) is 3.44. The molecule has 2 saturated heterocycles. The summed E-state index contributed by atoms with van der Waals surface area (Å²) in [7, 11) is 0. The van der Waals surface area contributed by atoms with Crippen molar-refractivity contribution in [3.8, 4) is 5.75 Å². The number of benzene rings is 1. The van der Waals surface area contributed by atoms with Crippen LogP contribution < -0.4 is 4.74 Å². The van der Waals surface area contributed by atoms with Crippen molar-refractivity contribution in [1.82, 2.24) is 4.57 Å². The number of para-hydroxylation sites is 1. The normalized spacial score (nSPS) is 27.1. The van der Waals surface area contributed by atoms with Gasteiger partial charge in [-0.15, -0.1) is 0 Å². The number of nitrogens with zero attached hydrogens (tertiary/aromatic N) is 1. The van der Waals surface area contributed by atoms with Gasteiger partial charge < -0.3 is 56.7 Å². The first kappa shape index (κ1) is 43.0. The topological polar surface area (TPSA) is 243 Å². The van der Waals surface area contributed by atoms with Crippen LogP contribution in [0.3, 0.4) is 0 Å². The first-order valence-electron chi connectivity index (χ1n) is 17.2. The second-order valence-corrected chi connectivity index (χ2v) is 12.7. The number of ether oxygens (including phenoxy) is 11. The lowest BCUT2D eigenvalue weighted by Gasteiger charge is -2.45. The van der Waals surface area contributed by atoms with E-state index in [0.29, 0.717) is 10.9 Å². The summed E-state index contributed by atoms with van der Waals surface area (Å²) in [6.45, 7) is 7.79. The molecule has 10 atom stereocenters. The minimum atomic E-state index is -1.63. The second-order valence-electron chi connectivity index (χ2n) is 12.7. The summed E-state index contributed by atoms with van der Waals surface area (Å²) < 4.78 is 63.9. The Bertz CT molecular complexity index is 1820. The first-order valence-corrected chi connectivity index (χ1v) is 17.2. The monoisotopic (exact) mass is 793 g/mol. The maximum atomic E-state index is 12.5. The number of carbonyl (C=O) groups excluding carboxylic acids is 8. The Labute approximate surface area is 319 Å². The molecular weight excluding hydrogens is 750 g/mol. The van der Waals surface area contributed by atoms with Crippen LogP contribution in [0.4, 0.5) is 0 Å². The number of fused-ring (bicyclic) bond motifs is 1. The molecule has 0 saturated carbocycles. The van der Waals surface area contributed by atoms with Crippen LogP contribution in [0.5, 0.6) is 5.75 Å². The van der Waals surface area contributed by atoms with E-state index in [9.17, 15) is 38.4 Å². The number of carbonyl (C=O) groups is 8. The van der Waals surface area contributed by atoms with Crippen molar-refractivity contribution in [3.05, 3.63) is 30.5 Å². The van der Waals surface area contributed by atoms with Gasteiger partial charge in [0.05, 0.1) is 5.52 Å². The highest BCUT2D eigenvalue weighted by Gasteiger charge is 2.55. The summed E-state index contributed by atoms with van der Waals surface area (Å²) in [6.07, 6.45) is -13.2. The molecule has 56 heavy (non-hydrogen) atoms. The minimum Gasteiger partial charge on any atom is -0.463 e.